The predicted octanol–water partition coefficient (Wildman–Crippen LogP) is 7.09. The molecule has 0 amide bonds. The van der Waals surface area contributed by atoms with Gasteiger partial charge in [0, 0.05) is 0 Å². The number of nitrogens with zero attached hydrogens (tertiary/aromatic N) is 2. The number of hydrogen-bond donors (Lipinski definition) is 0. The summed E-state index contributed by atoms with van der Waals surface area (Å²) in [6.07, 6.45) is -13.3. The highest BCUT2D eigenvalue weighted by Crippen LogP contribution is 2.62. The molecule has 1 aromatic carbocycles. The van der Waals surface area contributed by atoms with Crippen molar-refractivity contribution in [2.45, 2.75) is 42.0 Å². The Morgan fingerprint density at radius 3 is 1.41 bits per heavy atom. The summed E-state index contributed by atoms with van der Waals surface area (Å²) < 4.78 is 211. The van der Waals surface area contributed by atoms with Gasteiger partial charge in [0.15, 0.2) is 0 Å². The molecule has 192 valence electrons. The Hall–Kier alpha value is -2.69. The monoisotopic (exact) mass is 530 g/mol. The van der Waals surface area contributed by atoms with E-state index in [9.17, 15) is 70.2 Å². The molecule has 0 aliphatic rings. The fourth-order valence-electron chi connectivity index (χ4n) is 2.43. The van der Waals surface area contributed by atoms with Crippen LogP contribution in [0.5, 0.6) is 0 Å². The van der Waals surface area contributed by atoms with Crippen molar-refractivity contribution in [1.29, 1.82) is 0 Å². The number of aromatic nitrogens is 2. The largest absolute Gasteiger partial charge is 0.460 e. The molecule has 2 nitrogen and oxygen atoms in total. The molecule has 1 heterocycles. The number of halogens is 16. The van der Waals surface area contributed by atoms with Gasteiger partial charge in [-0.2, -0.15) is 75.3 Å². The number of para-hydroxylation sites is 1. The first-order valence-corrected chi connectivity index (χ1v) is 8.13. The quantitative estimate of drug-likeness (QED) is 0.365. The molecular formula is C16H6F16N2. The van der Waals surface area contributed by atoms with Gasteiger partial charge in [-0.05, 0) is 18.2 Å². The summed E-state index contributed by atoms with van der Waals surface area (Å²) in [6, 6.07) is 3.63. The first-order valence-electron chi connectivity index (χ1n) is 8.13. The molecule has 34 heavy (non-hydrogen) atoms. The summed E-state index contributed by atoms with van der Waals surface area (Å²) in [5.41, 5.74) is -6.07. The molecule has 0 aliphatic heterocycles. The topological polar surface area (TPSA) is 17.8 Å². The summed E-state index contributed by atoms with van der Waals surface area (Å²) >= 11 is 0. The molecule has 0 spiro atoms. The maximum Gasteiger partial charge on any atom is 0.460 e. The molecule has 0 N–H and O–H groups in total. The van der Waals surface area contributed by atoms with E-state index in [0.29, 0.717) is 0 Å². The molecule has 0 unspecified atom stereocenters. The highest BCUT2D eigenvalue weighted by molar-refractivity contribution is 5.35. The Balaban J connectivity index is 2.72. The normalized spacial score (nSPS) is 15.1. The molecule has 0 aliphatic carbocycles. The van der Waals surface area contributed by atoms with Crippen molar-refractivity contribution in [3.05, 3.63) is 47.8 Å². The number of benzene rings is 1. The summed E-state index contributed by atoms with van der Waals surface area (Å²) in [4.78, 5) is 0. The number of hydrogen-bond acceptors (Lipinski definition) is 1. The van der Waals surface area contributed by atoms with E-state index in [2.05, 4.69) is 5.10 Å². The molecule has 0 fully saturated rings. The van der Waals surface area contributed by atoms with Crippen LogP contribution in [0, 0.1) is 0 Å². The van der Waals surface area contributed by atoms with E-state index in [1.54, 1.807) is 0 Å². The molecule has 0 saturated heterocycles. The van der Waals surface area contributed by atoms with Crippen LogP contribution in [0.4, 0.5) is 70.2 Å². The molecular weight excluding hydrogens is 524 g/mol. The zero-order valence-corrected chi connectivity index (χ0v) is 15.4. The van der Waals surface area contributed by atoms with E-state index in [0.717, 1.165) is 24.3 Å². The maximum absolute atomic E-state index is 14.2. The average Bonchev–Trinajstić information content (AvgIpc) is 3.14. The molecule has 2 aromatic rings. The first kappa shape index (κ1) is 27.6. The minimum absolute atomic E-state index is 0.528. The summed E-state index contributed by atoms with van der Waals surface area (Å²) in [6.45, 7) is 0. The van der Waals surface area contributed by atoms with Crippen molar-refractivity contribution < 1.29 is 70.2 Å². The Labute approximate surface area is 176 Å². The molecule has 2 rings (SSSR count). The van der Waals surface area contributed by atoms with Crippen LogP contribution in [-0.4, -0.2) is 39.6 Å². The van der Waals surface area contributed by atoms with Crippen molar-refractivity contribution >= 4 is 0 Å². The van der Waals surface area contributed by atoms with E-state index in [-0.39, 0.29) is 0 Å². The lowest BCUT2D eigenvalue weighted by Gasteiger charge is -2.39. The summed E-state index contributed by atoms with van der Waals surface area (Å²) in [5, 5.41) is 2.37. The highest BCUT2D eigenvalue weighted by Gasteiger charge is 2.91. The van der Waals surface area contributed by atoms with Crippen molar-refractivity contribution in [3.63, 3.8) is 0 Å². The van der Waals surface area contributed by atoms with Crippen LogP contribution in [-0.2, 0) is 12.1 Å². The van der Waals surface area contributed by atoms with E-state index in [1.807, 2.05) is 0 Å². The second-order valence-electron chi connectivity index (χ2n) is 6.53. The van der Waals surface area contributed by atoms with Gasteiger partial charge in [-0.15, -0.1) is 0 Å². The van der Waals surface area contributed by atoms with Gasteiger partial charge in [-0.1, -0.05) is 18.2 Å². The van der Waals surface area contributed by atoms with E-state index >= 15 is 0 Å². The third kappa shape index (κ3) is 3.83. The van der Waals surface area contributed by atoms with Crippen LogP contribution < -0.4 is 0 Å². The van der Waals surface area contributed by atoms with Crippen LogP contribution in [0.15, 0.2) is 36.4 Å². The van der Waals surface area contributed by atoms with Crippen LogP contribution in [0.25, 0.3) is 5.69 Å². The number of alkyl halides is 16. The third-order valence-electron chi connectivity index (χ3n) is 4.26. The fourth-order valence-corrected chi connectivity index (χ4v) is 2.43. The Kier molecular flexibility index (Phi) is 6.21. The lowest BCUT2D eigenvalue weighted by Crippen LogP contribution is -2.69. The Bertz CT molecular complexity index is 1020. The lowest BCUT2D eigenvalue weighted by molar-refractivity contribution is -0.442. The van der Waals surface area contributed by atoms with Crippen LogP contribution in [0.3, 0.4) is 0 Å². The van der Waals surface area contributed by atoms with Crippen LogP contribution >= 0.6 is 0 Å². The van der Waals surface area contributed by atoms with E-state index in [4.69, 9.17) is 0 Å². The molecule has 0 radical (unpaired) electrons. The Morgan fingerprint density at radius 1 is 0.559 bits per heavy atom. The van der Waals surface area contributed by atoms with Crippen LogP contribution in [0.2, 0.25) is 0 Å². The zero-order valence-electron chi connectivity index (χ0n) is 15.4. The van der Waals surface area contributed by atoms with Crippen molar-refractivity contribution in [2.75, 3.05) is 0 Å². The van der Waals surface area contributed by atoms with Crippen molar-refractivity contribution in [3.8, 4) is 5.69 Å². The molecule has 18 heteroatoms. The highest BCUT2D eigenvalue weighted by atomic mass is 19.4. The average molecular weight is 530 g/mol. The standard InChI is InChI=1S/C16H6F16N2/c17-10(18,12(22,23)13(24,25)14(26,27)15(28,29)16(30,31)32)8-6-9(11(19,20)21)34(33-8)7-4-2-1-3-5-7/h1-6H. The van der Waals surface area contributed by atoms with E-state index in [1.165, 1.54) is 6.07 Å². The lowest BCUT2D eigenvalue weighted by atomic mass is 9.92. The van der Waals surface area contributed by atoms with Gasteiger partial charge in [0.05, 0.1) is 5.69 Å². The minimum Gasteiger partial charge on any atom is -0.228 e. The van der Waals surface area contributed by atoms with Crippen molar-refractivity contribution in [2.24, 2.45) is 0 Å². The van der Waals surface area contributed by atoms with Gasteiger partial charge >= 0.3 is 42.0 Å². The molecule has 0 atom stereocenters. The third-order valence-corrected chi connectivity index (χ3v) is 4.26. The van der Waals surface area contributed by atoms with Gasteiger partial charge < -0.3 is 0 Å². The van der Waals surface area contributed by atoms with Crippen molar-refractivity contribution in [1.82, 2.24) is 9.78 Å². The molecule has 0 bridgehead atoms. The summed E-state index contributed by atoms with van der Waals surface area (Å²) in [5.74, 6) is -39.0. The minimum atomic E-state index is -8.18. The van der Waals surface area contributed by atoms with Gasteiger partial charge in [-0.25, -0.2) is 4.68 Å². The second-order valence-corrected chi connectivity index (χ2v) is 6.53. The predicted molar refractivity (Wildman–Crippen MR) is 78.3 cm³/mol. The Morgan fingerprint density at radius 2 is 1.00 bits per heavy atom. The second kappa shape index (κ2) is 7.66. The SMILES string of the molecule is FC(F)(F)c1cc(C(F)(F)C(F)(F)C(F)(F)C(F)(F)C(F)(F)C(F)(F)F)nn1-c1ccccc1. The summed E-state index contributed by atoms with van der Waals surface area (Å²) in [7, 11) is 0. The smallest absolute Gasteiger partial charge is 0.228 e. The maximum atomic E-state index is 14.2. The first-order chi connectivity index (χ1) is 14.9. The zero-order chi connectivity index (χ0) is 26.8. The van der Waals surface area contributed by atoms with Gasteiger partial charge in [-0.3, -0.25) is 0 Å². The van der Waals surface area contributed by atoms with Gasteiger partial charge in [0.2, 0.25) is 0 Å². The number of rotatable bonds is 6. The molecule has 0 saturated carbocycles. The van der Waals surface area contributed by atoms with Gasteiger partial charge in [0.25, 0.3) is 0 Å². The van der Waals surface area contributed by atoms with Crippen LogP contribution in [0.1, 0.15) is 11.4 Å². The molecule has 1 aromatic heterocycles. The van der Waals surface area contributed by atoms with Gasteiger partial charge in [0.1, 0.15) is 11.4 Å². The van der Waals surface area contributed by atoms with E-state index < -0.39 is 69.8 Å². The fraction of sp³-hybridized carbons (Fsp3) is 0.438.